The molecular formula is C13H23N3O2. The molecule has 102 valence electrons. The van der Waals surface area contributed by atoms with E-state index in [2.05, 4.69) is 15.6 Å². The highest BCUT2D eigenvalue weighted by molar-refractivity contribution is 5.79. The van der Waals surface area contributed by atoms with Gasteiger partial charge < -0.3 is 19.8 Å². The molecule has 5 heteroatoms. The summed E-state index contributed by atoms with van der Waals surface area (Å²) in [6.07, 6.45) is 2.52. The van der Waals surface area contributed by atoms with Crippen molar-refractivity contribution in [2.45, 2.75) is 25.9 Å². The van der Waals surface area contributed by atoms with Crippen LogP contribution in [0.4, 0.5) is 0 Å². The molecule has 18 heavy (non-hydrogen) atoms. The summed E-state index contributed by atoms with van der Waals surface area (Å²) in [6.45, 7) is 5.52. The molecule has 0 atom stereocenters. The van der Waals surface area contributed by atoms with Crippen molar-refractivity contribution in [3.63, 3.8) is 0 Å². The van der Waals surface area contributed by atoms with Gasteiger partial charge in [-0.2, -0.15) is 0 Å². The van der Waals surface area contributed by atoms with Crippen molar-refractivity contribution in [2.75, 3.05) is 27.2 Å². The van der Waals surface area contributed by atoms with Crippen LogP contribution in [0, 0.1) is 0 Å². The molecule has 0 aromatic carbocycles. The van der Waals surface area contributed by atoms with Crippen LogP contribution in [0.15, 0.2) is 27.8 Å². The predicted molar refractivity (Wildman–Crippen MR) is 72.9 cm³/mol. The fourth-order valence-electron chi connectivity index (χ4n) is 1.35. The average Bonchev–Trinajstić information content (AvgIpc) is 2.86. The second-order valence-electron chi connectivity index (χ2n) is 4.65. The summed E-state index contributed by atoms with van der Waals surface area (Å²) < 4.78 is 10.6. The Morgan fingerprint density at radius 1 is 1.44 bits per heavy atom. The van der Waals surface area contributed by atoms with Crippen LogP contribution in [0.25, 0.3) is 0 Å². The Labute approximate surface area is 109 Å². The number of ether oxygens (including phenoxy) is 1. The lowest BCUT2D eigenvalue weighted by Gasteiger charge is -2.24. The van der Waals surface area contributed by atoms with Crippen LogP contribution in [-0.4, -0.2) is 38.8 Å². The minimum atomic E-state index is -0.210. The van der Waals surface area contributed by atoms with Gasteiger partial charge in [-0.05, 0) is 26.0 Å². The minimum Gasteiger partial charge on any atom is -0.469 e. The van der Waals surface area contributed by atoms with Crippen molar-refractivity contribution >= 4 is 5.96 Å². The van der Waals surface area contributed by atoms with Crippen LogP contribution in [-0.2, 0) is 11.2 Å². The maximum Gasteiger partial charge on any atom is 0.191 e. The normalized spacial score (nSPS) is 12.6. The van der Waals surface area contributed by atoms with Crippen LogP contribution in [0.3, 0.4) is 0 Å². The monoisotopic (exact) mass is 253 g/mol. The molecule has 0 spiro atoms. The highest BCUT2D eigenvalue weighted by Crippen LogP contribution is 2.04. The molecular weight excluding hydrogens is 230 g/mol. The Bertz CT molecular complexity index is 358. The quantitative estimate of drug-likeness (QED) is 0.594. The Morgan fingerprint density at radius 2 is 2.22 bits per heavy atom. The van der Waals surface area contributed by atoms with E-state index in [0.29, 0.717) is 6.54 Å². The smallest absolute Gasteiger partial charge is 0.191 e. The molecule has 0 bridgehead atoms. The Morgan fingerprint density at radius 3 is 2.78 bits per heavy atom. The third kappa shape index (κ3) is 5.23. The Hall–Kier alpha value is -1.49. The van der Waals surface area contributed by atoms with Crippen molar-refractivity contribution in [2.24, 2.45) is 4.99 Å². The first-order valence-electron chi connectivity index (χ1n) is 6.09. The largest absolute Gasteiger partial charge is 0.469 e. The van der Waals surface area contributed by atoms with Crippen LogP contribution >= 0.6 is 0 Å². The number of nitrogens with zero attached hydrogens (tertiary/aromatic N) is 1. The van der Waals surface area contributed by atoms with Gasteiger partial charge in [0, 0.05) is 33.7 Å². The van der Waals surface area contributed by atoms with Crippen molar-refractivity contribution in [3.8, 4) is 0 Å². The van der Waals surface area contributed by atoms with Gasteiger partial charge in [0.05, 0.1) is 11.9 Å². The SMILES string of the molecule is CN=C(NCCc1ccco1)NCC(C)(C)OC. The molecule has 5 nitrogen and oxygen atoms in total. The molecule has 1 rings (SSSR count). The molecule has 2 N–H and O–H groups in total. The lowest BCUT2D eigenvalue weighted by molar-refractivity contribution is 0.0268. The lowest BCUT2D eigenvalue weighted by atomic mass is 10.1. The number of nitrogens with one attached hydrogen (secondary N) is 2. The summed E-state index contributed by atoms with van der Waals surface area (Å²) in [6, 6.07) is 3.86. The molecule has 0 fully saturated rings. The number of hydrogen-bond donors (Lipinski definition) is 2. The van der Waals surface area contributed by atoms with E-state index in [9.17, 15) is 0 Å². The van der Waals surface area contributed by atoms with Gasteiger partial charge in [0.25, 0.3) is 0 Å². The van der Waals surface area contributed by atoms with E-state index in [0.717, 1.165) is 24.7 Å². The van der Waals surface area contributed by atoms with Gasteiger partial charge in [-0.25, -0.2) is 0 Å². The number of guanidine groups is 1. The topological polar surface area (TPSA) is 58.8 Å². The van der Waals surface area contributed by atoms with Gasteiger partial charge in [0.15, 0.2) is 5.96 Å². The van der Waals surface area contributed by atoms with Crippen molar-refractivity contribution < 1.29 is 9.15 Å². The van der Waals surface area contributed by atoms with E-state index in [-0.39, 0.29) is 5.60 Å². The summed E-state index contributed by atoms with van der Waals surface area (Å²) in [5, 5.41) is 6.45. The average molecular weight is 253 g/mol. The van der Waals surface area contributed by atoms with Crippen molar-refractivity contribution in [1.82, 2.24) is 10.6 Å². The summed E-state index contributed by atoms with van der Waals surface area (Å²) in [5.41, 5.74) is -0.210. The summed E-state index contributed by atoms with van der Waals surface area (Å²) in [5.74, 6) is 1.74. The zero-order valence-corrected chi connectivity index (χ0v) is 11.6. The molecule has 1 aromatic heterocycles. The Kier molecular flexibility index (Phi) is 5.71. The molecule has 0 saturated carbocycles. The molecule has 1 aromatic rings. The minimum absolute atomic E-state index is 0.210. The molecule has 0 aliphatic rings. The fourth-order valence-corrected chi connectivity index (χ4v) is 1.35. The molecule has 0 unspecified atom stereocenters. The van der Waals surface area contributed by atoms with Gasteiger partial charge in [0.2, 0.25) is 0 Å². The van der Waals surface area contributed by atoms with Gasteiger partial charge in [0.1, 0.15) is 5.76 Å². The zero-order chi connectivity index (χ0) is 13.4. The predicted octanol–water partition coefficient (Wildman–Crippen LogP) is 1.41. The van der Waals surface area contributed by atoms with Gasteiger partial charge in [-0.3, -0.25) is 4.99 Å². The van der Waals surface area contributed by atoms with Crippen LogP contribution < -0.4 is 10.6 Å². The van der Waals surface area contributed by atoms with Gasteiger partial charge in [-0.1, -0.05) is 0 Å². The molecule has 1 heterocycles. The summed E-state index contributed by atoms with van der Waals surface area (Å²) >= 11 is 0. The van der Waals surface area contributed by atoms with E-state index in [1.807, 2.05) is 26.0 Å². The van der Waals surface area contributed by atoms with E-state index in [1.165, 1.54) is 0 Å². The van der Waals surface area contributed by atoms with Crippen molar-refractivity contribution in [3.05, 3.63) is 24.2 Å². The lowest BCUT2D eigenvalue weighted by Crippen LogP contribution is -2.45. The third-order valence-corrected chi connectivity index (χ3v) is 2.70. The first-order valence-corrected chi connectivity index (χ1v) is 6.09. The molecule has 0 amide bonds. The second-order valence-corrected chi connectivity index (χ2v) is 4.65. The molecule has 0 aliphatic heterocycles. The highest BCUT2D eigenvalue weighted by Gasteiger charge is 2.16. The van der Waals surface area contributed by atoms with Gasteiger partial charge >= 0.3 is 0 Å². The standard InChI is InChI=1S/C13H23N3O2/c1-13(2,17-4)10-16-12(14-3)15-8-7-11-6-5-9-18-11/h5-6,9H,7-8,10H2,1-4H3,(H2,14,15,16). The van der Waals surface area contributed by atoms with Crippen LogP contribution in [0.5, 0.6) is 0 Å². The summed E-state index contributed by atoms with van der Waals surface area (Å²) in [7, 11) is 3.46. The van der Waals surface area contributed by atoms with E-state index < -0.39 is 0 Å². The van der Waals surface area contributed by atoms with Crippen LogP contribution in [0.2, 0.25) is 0 Å². The number of aliphatic imine (C=N–C) groups is 1. The second kappa shape index (κ2) is 7.06. The summed E-state index contributed by atoms with van der Waals surface area (Å²) in [4.78, 5) is 4.15. The Balaban J connectivity index is 2.26. The van der Waals surface area contributed by atoms with E-state index in [1.54, 1.807) is 20.4 Å². The third-order valence-electron chi connectivity index (χ3n) is 2.70. The number of furan rings is 1. The molecule has 0 saturated heterocycles. The number of rotatable bonds is 6. The maximum atomic E-state index is 5.34. The molecule has 0 radical (unpaired) electrons. The van der Waals surface area contributed by atoms with Crippen molar-refractivity contribution in [1.29, 1.82) is 0 Å². The highest BCUT2D eigenvalue weighted by atomic mass is 16.5. The molecule has 0 aliphatic carbocycles. The first kappa shape index (κ1) is 14.6. The maximum absolute atomic E-state index is 5.34. The van der Waals surface area contributed by atoms with Gasteiger partial charge in [-0.15, -0.1) is 0 Å². The van der Waals surface area contributed by atoms with Crippen LogP contribution in [0.1, 0.15) is 19.6 Å². The number of methoxy groups -OCH3 is 1. The van der Waals surface area contributed by atoms with E-state index >= 15 is 0 Å². The fraction of sp³-hybridized carbons (Fsp3) is 0.615. The van der Waals surface area contributed by atoms with E-state index in [4.69, 9.17) is 9.15 Å². The number of hydrogen-bond acceptors (Lipinski definition) is 3. The first-order chi connectivity index (χ1) is 8.57. The zero-order valence-electron chi connectivity index (χ0n) is 11.6.